The molecule has 0 saturated heterocycles. The van der Waals surface area contributed by atoms with E-state index in [0.29, 0.717) is 22.0 Å². The van der Waals surface area contributed by atoms with Gasteiger partial charge in [0.15, 0.2) is 5.82 Å². The summed E-state index contributed by atoms with van der Waals surface area (Å²) in [6, 6.07) is 6.34. The Kier molecular flexibility index (Phi) is 3.47. The summed E-state index contributed by atoms with van der Waals surface area (Å²) in [5.41, 5.74) is 9.37. The number of nitrogen functional groups attached to an aromatic ring is 1. The van der Waals surface area contributed by atoms with Crippen molar-refractivity contribution in [3.8, 4) is 21.7 Å². The van der Waals surface area contributed by atoms with E-state index < -0.39 is 0 Å². The summed E-state index contributed by atoms with van der Waals surface area (Å²) < 4.78 is 13.2. The normalized spacial score (nSPS) is 11.0. The number of nitrogens with two attached hydrogens (primary N) is 1. The van der Waals surface area contributed by atoms with E-state index in [1.165, 1.54) is 22.6 Å². The largest absolute Gasteiger partial charge is 0.382 e. The minimum Gasteiger partial charge on any atom is -0.382 e. The van der Waals surface area contributed by atoms with Gasteiger partial charge < -0.3 is 5.73 Å². The first-order valence-electron chi connectivity index (χ1n) is 6.34. The Hall–Kier alpha value is -1.85. The second-order valence-corrected chi connectivity index (χ2v) is 6.50. The van der Waals surface area contributed by atoms with Crippen molar-refractivity contribution in [2.75, 3.05) is 5.73 Å². The maximum atomic E-state index is 13.2. The topological polar surface area (TPSA) is 54.7 Å². The average molecular weight is 322 g/mol. The molecule has 0 saturated carbocycles. The quantitative estimate of drug-likeness (QED) is 0.712. The third-order valence-electron chi connectivity index (χ3n) is 3.41. The fourth-order valence-electron chi connectivity index (χ4n) is 2.20. The third kappa shape index (κ3) is 2.43. The number of aromatic nitrogens is 2. The van der Waals surface area contributed by atoms with Gasteiger partial charge in [0.25, 0.3) is 0 Å². The van der Waals surface area contributed by atoms with Crippen molar-refractivity contribution in [3.05, 3.63) is 45.5 Å². The molecule has 0 aliphatic heterocycles. The number of nitrogens with one attached hydrogen (secondary N) is 1. The molecule has 21 heavy (non-hydrogen) atoms. The number of halogens is 2. The van der Waals surface area contributed by atoms with Crippen LogP contribution in [0.3, 0.4) is 0 Å². The van der Waals surface area contributed by atoms with Gasteiger partial charge in [0.1, 0.15) is 5.82 Å². The highest BCUT2D eigenvalue weighted by atomic mass is 35.5. The lowest BCUT2D eigenvalue weighted by atomic mass is 10.0. The van der Waals surface area contributed by atoms with Crippen molar-refractivity contribution in [1.82, 2.24) is 10.2 Å². The van der Waals surface area contributed by atoms with Gasteiger partial charge >= 0.3 is 0 Å². The van der Waals surface area contributed by atoms with E-state index in [0.717, 1.165) is 10.6 Å². The standard InChI is InChI=1S/C15H13ClFN3S/c1-7-5-12(21-8(7)2)14-13(15(18)20-19-14)10-4-3-9(17)6-11(10)16/h3-6H,1-2H3,(H3,18,19,20). The number of H-pyrrole nitrogens is 1. The third-order valence-corrected chi connectivity index (χ3v) is 4.89. The van der Waals surface area contributed by atoms with Crippen LogP contribution in [0.2, 0.25) is 5.02 Å². The number of aryl methyl sites for hydroxylation is 2. The molecule has 3 aromatic rings. The predicted octanol–water partition coefficient (Wildman–Crippen LogP) is 4.80. The van der Waals surface area contributed by atoms with Crippen LogP contribution >= 0.6 is 22.9 Å². The highest BCUT2D eigenvalue weighted by molar-refractivity contribution is 7.15. The summed E-state index contributed by atoms with van der Waals surface area (Å²) in [5, 5.41) is 7.35. The van der Waals surface area contributed by atoms with Gasteiger partial charge in [0.05, 0.1) is 21.2 Å². The minimum absolute atomic E-state index is 0.314. The molecule has 0 bridgehead atoms. The number of nitrogens with zero attached hydrogens (tertiary/aromatic N) is 1. The molecule has 3 N–H and O–H groups in total. The van der Waals surface area contributed by atoms with Gasteiger partial charge in [-0.2, -0.15) is 5.10 Å². The van der Waals surface area contributed by atoms with Gasteiger partial charge in [0, 0.05) is 10.4 Å². The lowest BCUT2D eigenvalue weighted by Crippen LogP contribution is -1.90. The SMILES string of the molecule is Cc1cc(-c2[nH]nc(N)c2-c2ccc(F)cc2Cl)sc1C. The van der Waals surface area contributed by atoms with Gasteiger partial charge in [-0.3, -0.25) is 5.10 Å². The molecular formula is C15H13ClFN3S. The van der Waals surface area contributed by atoms with Crippen LogP contribution in [0, 0.1) is 19.7 Å². The van der Waals surface area contributed by atoms with Gasteiger partial charge in [-0.05, 0) is 43.7 Å². The zero-order valence-electron chi connectivity index (χ0n) is 11.5. The number of aromatic amines is 1. The summed E-state index contributed by atoms with van der Waals surface area (Å²) in [5.74, 6) is -0.0302. The highest BCUT2D eigenvalue weighted by Gasteiger charge is 2.19. The monoisotopic (exact) mass is 321 g/mol. The van der Waals surface area contributed by atoms with Crippen LogP contribution < -0.4 is 5.73 Å². The first-order valence-corrected chi connectivity index (χ1v) is 7.53. The lowest BCUT2D eigenvalue weighted by molar-refractivity contribution is 0.628. The van der Waals surface area contributed by atoms with E-state index in [1.54, 1.807) is 17.4 Å². The maximum absolute atomic E-state index is 13.2. The van der Waals surface area contributed by atoms with Crippen molar-refractivity contribution >= 4 is 28.8 Å². The molecule has 108 valence electrons. The molecular weight excluding hydrogens is 309 g/mol. The van der Waals surface area contributed by atoms with Gasteiger partial charge in [-0.15, -0.1) is 11.3 Å². The van der Waals surface area contributed by atoms with E-state index in [2.05, 4.69) is 30.1 Å². The maximum Gasteiger partial charge on any atom is 0.153 e. The Morgan fingerprint density at radius 1 is 1.29 bits per heavy atom. The number of benzene rings is 1. The Bertz CT molecular complexity index is 803. The fraction of sp³-hybridized carbons (Fsp3) is 0.133. The number of hydrogen-bond acceptors (Lipinski definition) is 3. The first-order chi connectivity index (χ1) is 9.97. The zero-order valence-corrected chi connectivity index (χ0v) is 13.1. The number of hydrogen-bond donors (Lipinski definition) is 2. The molecule has 0 fully saturated rings. The molecule has 3 rings (SSSR count). The summed E-state index contributed by atoms with van der Waals surface area (Å²) in [7, 11) is 0. The molecule has 2 aromatic heterocycles. The average Bonchev–Trinajstić information content (AvgIpc) is 2.94. The Labute approximate surface area is 130 Å². The summed E-state index contributed by atoms with van der Waals surface area (Å²) >= 11 is 7.81. The van der Waals surface area contributed by atoms with Crippen molar-refractivity contribution < 1.29 is 4.39 Å². The summed E-state index contributed by atoms with van der Waals surface area (Å²) in [6.45, 7) is 4.12. The molecule has 1 aromatic carbocycles. The van der Waals surface area contributed by atoms with Crippen molar-refractivity contribution in [2.45, 2.75) is 13.8 Å². The van der Waals surface area contributed by atoms with Crippen LogP contribution in [0.5, 0.6) is 0 Å². The molecule has 0 amide bonds. The van der Waals surface area contributed by atoms with Gasteiger partial charge in [-0.1, -0.05) is 11.6 Å². The highest BCUT2D eigenvalue weighted by Crippen LogP contribution is 2.41. The number of rotatable bonds is 2. The Morgan fingerprint density at radius 2 is 2.05 bits per heavy atom. The fourth-order valence-corrected chi connectivity index (χ4v) is 3.49. The molecule has 2 heterocycles. The second-order valence-electron chi connectivity index (χ2n) is 4.83. The first kappa shape index (κ1) is 14.1. The van der Waals surface area contributed by atoms with E-state index in [-0.39, 0.29) is 5.82 Å². The molecule has 0 atom stereocenters. The van der Waals surface area contributed by atoms with E-state index >= 15 is 0 Å². The van der Waals surface area contributed by atoms with Crippen LogP contribution in [0.15, 0.2) is 24.3 Å². The van der Waals surface area contributed by atoms with E-state index in [1.807, 2.05) is 0 Å². The van der Waals surface area contributed by atoms with Crippen molar-refractivity contribution in [3.63, 3.8) is 0 Å². The van der Waals surface area contributed by atoms with Crippen LogP contribution in [0.1, 0.15) is 10.4 Å². The molecule has 0 radical (unpaired) electrons. The van der Waals surface area contributed by atoms with Gasteiger partial charge in [-0.25, -0.2) is 4.39 Å². The molecule has 6 heteroatoms. The molecule has 3 nitrogen and oxygen atoms in total. The van der Waals surface area contributed by atoms with Crippen molar-refractivity contribution in [1.29, 1.82) is 0 Å². The van der Waals surface area contributed by atoms with Crippen LogP contribution in [0.25, 0.3) is 21.7 Å². The second kappa shape index (κ2) is 5.16. The molecule has 0 spiro atoms. The van der Waals surface area contributed by atoms with Crippen LogP contribution in [-0.4, -0.2) is 10.2 Å². The van der Waals surface area contributed by atoms with Gasteiger partial charge in [0.2, 0.25) is 0 Å². The Balaban J connectivity index is 2.21. The van der Waals surface area contributed by atoms with Crippen LogP contribution in [-0.2, 0) is 0 Å². The summed E-state index contributed by atoms with van der Waals surface area (Å²) in [4.78, 5) is 2.26. The molecule has 0 unspecified atom stereocenters. The molecule has 0 aliphatic carbocycles. The summed E-state index contributed by atoms with van der Waals surface area (Å²) in [6.07, 6.45) is 0. The minimum atomic E-state index is -0.379. The lowest BCUT2D eigenvalue weighted by Gasteiger charge is -2.05. The predicted molar refractivity (Wildman–Crippen MR) is 86.2 cm³/mol. The Morgan fingerprint density at radius 3 is 2.67 bits per heavy atom. The number of thiophene rings is 1. The van der Waals surface area contributed by atoms with Crippen LogP contribution in [0.4, 0.5) is 10.2 Å². The zero-order chi connectivity index (χ0) is 15.1. The van der Waals surface area contributed by atoms with E-state index in [4.69, 9.17) is 17.3 Å². The molecule has 0 aliphatic rings. The number of anilines is 1. The van der Waals surface area contributed by atoms with Crippen molar-refractivity contribution in [2.24, 2.45) is 0 Å². The van der Waals surface area contributed by atoms with E-state index in [9.17, 15) is 4.39 Å². The smallest absolute Gasteiger partial charge is 0.153 e.